The van der Waals surface area contributed by atoms with Gasteiger partial charge in [0, 0.05) is 24.3 Å². The van der Waals surface area contributed by atoms with E-state index in [0.29, 0.717) is 24.3 Å². The average molecular weight is 430 g/mol. The Labute approximate surface area is 177 Å². The van der Waals surface area contributed by atoms with Gasteiger partial charge in [0.25, 0.3) is 0 Å². The molecular weight excluding hydrogens is 402 g/mol. The van der Waals surface area contributed by atoms with Crippen molar-refractivity contribution < 1.29 is 18.0 Å². The summed E-state index contributed by atoms with van der Waals surface area (Å²) in [5.41, 5.74) is 4.71. The van der Waals surface area contributed by atoms with Crippen LogP contribution < -0.4 is 14.5 Å². The Bertz CT molecular complexity index is 1100. The lowest BCUT2D eigenvalue weighted by Crippen LogP contribution is -2.37. The summed E-state index contributed by atoms with van der Waals surface area (Å²) in [6, 6.07) is 10.6. The third-order valence-electron chi connectivity index (χ3n) is 5.31. The van der Waals surface area contributed by atoms with Crippen molar-refractivity contribution in [3.63, 3.8) is 0 Å². The van der Waals surface area contributed by atoms with Crippen LogP contribution in [0, 0.1) is 20.8 Å². The number of nitrogens with zero attached hydrogens (tertiary/aromatic N) is 2. The second-order valence-electron chi connectivity index (χ2n) is 7.74. The van der Waals surface area contributed by atoms with E-state index in [9.17, 15) is 18.0 Å². The molecule has 0 spiro atoms. The van der Waals surface area contributed by atoms with Crippen LogP contribution in [0.3, 0.4) is 0 Å². The minimum Gasteiger partial charge on any atom is -0.325 e. The molecule has 0 bridgehead atoms. The van der Waals surface area contributed by atoms with Gasteiger partial charge in [-0.2, -0.15) is 0 Å². The van der Waals surface area contributed by atoms with E-state index in [4.69, 9.17) is 0 Å². The summed E-state index contributed by atoms with van der Waals surface area (Å²) in [4.78, 5) is 26.4. The third-order valence-corrected chi connectivity index (χ3v) is 6.45. The Hall–Kier alpha value is -2.87. The van der Waals surface area contributed by atoms with Crippen LogP contribution in [0.15, 0.2) is 36.4 Å². The van der Waals surface area contributed by atoms with Crippen LogP contribution >= 0.6 is 0 Å². The molecule has 0 saturated carbocycles. The van der Waals surface area contributed by atoms with E-state index in [1.165, 1.54) is 0 Å². The number of sulfonamides is 1. The maximum atomic E-state index is 12.6. The van der Waals surface area contributed by atoms with E-state index >= 15 is 0 Å². The first-order valence-corrected chi connectivity index (χ1v) is 11.7. The smallest absolute Gasteiger partial charge is 0.245 e. The minimum absolute atomic E-state index is 0.104. The molecule has 1 N–H and O–H groups in total. The molecule has 0 atom stereocenters. The van der Waals surface area contributed by atoms with Crippen molar-refractivity contribution in [3.8, 4) is 0 Å². The zero-order valence-electron chi connectivity index (χ0n) is 17.7. The van der Waals surface area contributed by atoms with Crippen molar-refractivity contribution in [2.75, 3.05) is 33.9 Å². The van der Waals surface area contributed by atoms with Crippen molar-refractivity contribution in [1.29, 1.82) is 0 Å². The predicted molar refractivity (Wildman–Crippen MR) is 120 cm³/mol. The van der Waals surface area contributed by atoms with Gasteiger partial charge in [-0.05, 0) is 74.2 Å². The molecular formula is C22H27N3O4S. The van der Waals surface area contributed by atoms with Gasteiger partial charge in [-0.3, -0.25) is 13.9 Å². The van der Waals surface area contributed by atoms with Crippen LogP contribution in [0.4, 0.5) is 17.1 Å². The van der Waals surface area contributed by atoms with Gasteiger partial charge in [-0.15, -0.1) is 0 Å². The Balaban J connectivity index is 1.76. The molecule has 2 amide bonds. The van der Waals surface area contributed by atoms with Crippen molar-refractivity contribution in [2.45, 2.75) is 33.6 Å². The summed E-state index contributed by atoms with van der Waals surface area (Å²) in [5, 5.41) is 2.76. The molecule has 7 nitrogen and oxygen atoms in total. The van der Waals surface area contributed by atoms with Crippen LogP contribution in [-0.2, 0) is 19.6 Å². The van der Waals surface area contributed by atoms with E-state index in [1.54, 1.807) is 29.2 Å². The number of carbonyl (C=O) groups excluding carboxylic acids is 2. The lowest BCUT2D eigenvalue weighted by atomic mass is 10.1. The number of aryl methyl sites for hydroxylation is 3. The van der Waals surface area contributed by atoms with Gasteiger partial charge in [0.2, 0.25) is 21.8 Å². The van der Waals surface area contributed by atoms with E-state index in [0.717, 1.165) is 39.4 Å². The van der Waals surface area contributed by atoms with E-state index < -0.39 is 15.9 Å². The first-order chi connectivity index (χ1) is 14.1. The zero-order chi connectivity index (χ0) is 22.1. The number of anilines is 3. The molecule has 1 heterocycles. The summed E-state index contributed by atoms with van der Waals surface area (Å²) in [5.74, 6) is -0.338. The highest BCUT2D eigenvalue weighted by atomic mass is 32.2. The van der Waals surface area contributed by atoms with E-state index in [2.05, 4.69) is 5.32 Å². The van der Waals surface area contributed by atoms with Gasteiger partial charge < -0.3 is 10.2 Å². The monoisotopic (exact) mass is 429 g/mol. The van der Waals surface area contributed by atoms with Crippen molar-refractivity contribution in [3.05, 3.63) is 53.1 Å². The molecule has 3 rings (SSSR count). The lowest BCUT2D eigenvalue weighted by Gasteiger charge is -2.23. The van der Waals surface area contributed by atoms with E-state index in [-0.39, 0.29) is 12.5 Å². The van der Waals surface area contributed by atoms with Crippen LogP contribution in [0.5, 0.6) is 0 Å². The van der Waals surface area contributed by atoms with Crippen LogP contribution in [0.25, 0.3) is 0 Å². The van der Waals surface area contributed by atoms with Crippen LogP contribution in [0.1, 0.15) is 29.5 Å². The molecule has 1 aliphatic heterocycles. The molecule has 0 unspecified atom stereocenters. The predicted octanol–water partition coefficient (Wildman–Crippen LogP) is 3.14. The normalized spacial score (nSPS) is 14.1. The topological polar surface area (TPSA) is 86.8 Å². The Morgan fingerprint density at radius 1 is 1.07 bits per heavy atom. The highest BCUT2D eigenvalue weighted by Gasteiger charge is 2.24. The number of rotatable bonds is 6. The standard InChI is InChI=1S/C22H27N3O4S/c1-15-7-9-19(13-16(15)2)25(30(4,28)29)14-21(26)23-18-8-10-20(17(3)12-18)24-11-5-6-22(24)27/h7-10,12-13H,5-6,11,14H2,1-4H3,(H,23,26). The summed E-state index contributed by atoms with van der Waals surface area (Å²) < 4.78 is 25.7. The van der Waals surface area contributed by atoms with Crippen molar-refractivity contribution >= 4 is 38.9 Å². The number of hydrogen-bond donors (Lipinski definition) is 1. The number of hydrogen-bond acceptors (Lipinski definition) is 4. The summed E-state index contributed by atoms with van der Waals surface area (Å²) in [6.45, 7) is 6.10. The highest BCUT2D eigenvalue weighted by molar-refractivity contribution is 7.92. The highest BCUT2D eigenvalue weighted by Crippen LogP contribution is 2.27. The number of nitrogens with one attached hydrogen (secondary N) is 1. The fourth-order valence-electron chi connectivity index (χ4n) is 3.55. The first-order valence-electron chi connectivity index (χ1n) is 9.82. The number of carbonyl (C=O) groups is 2. The van der Waals surface area contributed by atoms with Gasteiger partial charge in [0.05, 0.1) is 11.9 Å². The van der Waals surface area contributed by atoms with Gasteiger partial charge in [0.1, 0.15) is 6.54 Å². The molecule has 1 fully saturated rings. The fraction of sp³-hybridized carbons (Fsp3) is 0.364. The third kappa shape index (κ3) is 4.81. The Morgan fingerprint density at radius 2 is 1.80 bits per heavy atom. The zero-order valence-corrected chi connectivity index (χ0v) is 18.5. The van der Waals surface area contributed by atoms with Crippen molar-refractivity contribution in [1.82, 2.24) is 0 Å². The molecule has 1 saturated heterocycles. The molecule has 8 heteroatoms. The summed E-state index contributed by atoms with van der Waals surface area (Å²) >= 11 is 0. The Kier molecular flexibility index (Phi) is 6.17. The van der Waals surface area contributed by atoms with Crippen LogP contribution in [0.2, 0.25) is 0 Å². The van der Waals surface area contributed by atoms with Gasteiger partial charge >= 0.3 is 0 Å². The second-order valence-corrected chi connectivity index (χ2v) is 9.64. The average Bonchev–Trinajstić information content (AvgIpc) is 3.07. The molecule has 0 aliphatic carbocycles. The summed E-state index contributed by atoms with van der Waals surface area (Å²) in [7, 11) is -3.64. The molecule has 160 valence electrons. The van der Waals surface area contributed by atoms with Crippen molar-refractivity contribution in [2.24, 2.45) is 0 Å². The Morgan fingerprint density at radius 3 is 2.37 bits per heavy atom. The van der Waals surface area contributed by atoms with Crippen LogP contribution in [-0.4, -0.2) is 39.6 Å². The number of benzene rings is 2. The lowest BCUT2D eigenvalue weighted by molar-refractivity contribution is -0.117. The molecule has 2 aromatic carbocycles. The first kappa shape index (κ1) is 21.8. The maximum absolute atomic E-state index is 12.6. The quantitative estimate of drug-likeness (QED) is 0.764. The molecule has 0 radical (unpaired) electrons. The largest absolute Gasteiger partial charge is 0.325 e. The minimum atomic E-state index is -3.64. The van der Waals surface area contributed by atoms with E-state index in [1.807, 2.05) is 32.9 Å². The SMILES string of the molecule is Cc1ccc(N(CC(=O)Nc2ccc(N3CCCC3=O)c(C)c2)S(C)(=O)=O)cc1C. The molecule has 2 aromatic rings. The van der Waals surface area contributed by atoms with Gasteiger partial charge in [-0.1, -0.05) is 6.07 Å². The fourth-order valence-corrected chi connectivity index (χ4v) is 4.40. The maximum Gasteiger partial charge on any atom is 0.245 e. The molecule has 0 aromatic heterocycles. The molecule has 30 heavy (non-hydrogen) atoms. The molecule has 1 aliphatic rings. The second kappa shape index (κ2) is 8.47. The van der Waals surface area contributed by atoms with Gasteiger partial charge in [0.15, 0.2) is 0 Å². The summed E-state index contributed by atoms with van der Waals surface area (Å²) in [6.07, 6.45) is 2.48. The number of amides is 2. The van der Waals surface area contributed by atoms with Gasteiger partial charge in [-0.25, -0.2) is 8.42 Å².